The number of carbonyl (C=O) groups excluding carboxylic acids is 1. The zero-order valence-electron chi connectivity index (χ0n) is 16.5. The van der Waals surface area contributed by atoms with Gasteiger partial charge in [0, 0.05) is 13.1 Å². The molecule has 158 valence electrons. The minimum absolute atomic E-state index is 0.313. The molecule has 0 atom stereocenters. The monoisotopic (exact) mass is 447 g/mol. The van der Waals surface area contributed by atoms with Crippen molar-refractivity contribution < 1.29 is 17.9 Å². The number of nitrogens with zero attached hydrogens (tertiary/aromatic N) is 4. The third-order valence-corrected chi connectivity index (χ3v) is 8.24. The fourth-order valence-electron chi connectivity index (χ4n) is 3.40. The first-order valence-electron chi connectivity index (χ1n) is 9.40. The predicted octanol–water partition coefficient (Wildman–Crippen LogP) is 2.87. The molecule has 30 heavy (non-hydrogen) atoms. The quantitative estimate of drug-likeness (QED) is 0.654. The summed E-state index contributed by atoms with van der Waals surface area (Å²) in [7, 11) is -1.92. The molecular weight excluding hydrogens is 426 g/mol. The molecule has 1 fully saturated rings. The summed E-state index contributed by atoms with van der Waals surface area (Å²) < 4.78 is 30.9. The molecule has 0 bridgehead atoms. The number of ether oxygens (including phenoxy) is 1. The van der Waals surface area contributed by atoms with E-state index in [1.807, 2.05) is 6.92 Å². The number of amides is 2. The number of hydrogen-bond donors (Lipinski definition) is 1. The van der Waals surface area contributed by atoms with Crippen LogP contribution in [0.15, 0.2) is 35.5 Å². The van der Waals surface area contributed by atoms with E-state index in [0.717, 1.165) is 5.56 Å². The number of benzene rings is 1. The molecule has 4 rings (SSSR count). The second-order valence-corrected chi connectivity index (χ2v) is 10.2. The Hall–Kier alpha value is -2.79. The summed E-state index contributed by atoms with van der Waals surface area (Å²) in [6.07, 6.45) is 2.16. The number of aromatic nitrogens is 3. The van der Waals surface area contributed by atoms with Gasteiger partial charge in [0.05, 0.1) is 17.3 Å². The normalized spacial score (nSPS) is 15.3. The summed E-state index contributed by atoms with van der Waals surface area (Å²) in [5.74, 6) is 0.346. The van der Waals surface area contributed by atoms with Crippen LogP contribution in [0.1, 0.15) is 18.4 Å². The number of likely N-dealkylation sites (tertiary alicyclic amines) is 1. The molecule has 2 amide bonds. The number of nitrogens with one attached hydrogen (secondary N) is 1. The fourth-order valence-corrected chi connectivity index (χ4v) is 5.92. The van der Waals surface area contributed by atoms with Crippen molar-refractivity contribution in [2.45, 2.75) is 29.9 Å². The van der Waals surface area contributed by atoms with Gasteiger partial charge in [-0.15, -0.1) is 0 Å². The van der Waals surface area contributed by atoms with E-state index in [1.165, 1.54) is 24.8 Å². The fraction of sp³-hybridized carbons (Fsp3) is 0.368. The first kappa shape index (κ1) is 20.5. The number of urea groups is 1. The minimum Gasteiger partial charge on any atom is -0.479 e. The van der Waals surface area contributed by atoms with Crippen molar-refractivity contribution in [2.75, 3.05) is 25.5 Å². The van der Waals surface area contributed by atoms with E-state index in [9.17, 15) is 13.2 Å². The Balaban J connectivity index is 1.40. The highest BCUT2D eigenvalue weighted by Crippen LogP contribution is 2.30. The molecule has 3 aromatic rings. The van der Waals surface area contributed by atoms with Crippen molar-refractivity contribution in [2.24, 2.45) is 0 Å². The van der Waals surface area contributed by atoms with Crippen molar-refractivity contribution in [3.63, 3.8) is 0 Å². The second-order valence-electron chi connectivity index (χ2n) is 7.03. The Kier molecular flexibility index (Phi) is 5.56. The number of carbonyl (C=O) groups is 1. The predicted molar refractivity (Wildman–Crippen MR) is 114 cm³/mol. The summed E-state index contributed by atoms with van der Waals surface area (Å²) in [5.41, 5.74) is 1.50. The molecule has 2 aromatic heterocycles. The van der Waals surface area contributed by atoms with Crippen molar-refractivity contribution in [3.05, 3.63) is 36.2 Å². The van der Waals surface area contributed by atoms with Gasteiger partial charge < -0.3 is 9.64 Å². The van der Waals surface area contributed by atoms with Crippen LogP contribution < -0.4 is 10.1 Å². The van der Waals surface area contributed by atoms with Gasteiger partial charge in [-0.3, -0.25) is 5.32 Å². The van der Waals surface area contributed by atoms with Crippen LogP contribution in [0.4, 0.5) is 9.93 Å². The lowest BCUT2D eigenvalue weighted by atomic mass is 10.1. The SMILES string of the molecule is COc1ncnc2sc(NC(=O)N3CCC(S(=O)(=O)c4ccc(C)cc4)CC3)nc12. The van der Waals surface area contributed by atoms with Gasteiger partial charge in [-0.05, 0) is 31.9 Å². The van der Waals surface area contributed by atoms with Gasteiger partial charge in [0.15, 0.2) is 25.3 Å². The molecule has 3 heterocycles. The van der Waals surface area contributed by atoms with Gasteiger partial charge >= 0.3 is 6.03 Å². The van der Waals surface area contributed by atoms with Crippen molar-refractivity contribution in [1.29, 1.82) is 0 Å². The third kappa shape index (κ3) is 3.94. The van der Waals surface area contributed by atoms with Crippen LogP contribution in [0.25, 0.3) is 10.3 Å². The minimum atomic E-state index is -3.41. The lowest BCUT2D eigenvalue weighted by Gasteiger charge is -2.31. The first-order chi connectivity index (χ1) is 14.4. The molecular formula is C19H21N5O4S2. The third-order valence-electron chi connectivity index (χ3n) is 5.09. The van der Waals surface area contributed by atoms with Crippen molar-refractivity contribution in [1.82, 2.24) is 19.9 Å². The van der Waals surface area contributed by atoms with Gasteiger partial charge in [0.2, 0.25) is 5.88 Å². The molecule has 1 aliphatic heterocycles. The molecule has 0 saturated carbocycles. The molecule has 9 nitrogen and oxygen atoms in total. The molecule has 1 N–H and O–H groups in total. The number of methoxy groups -OCH3 is 1. The average molecular weight is 448 g/mol. The van der Waals surface area contributed by atoms with Crippen molar-refractivity contribution in [3.8, 4) is 5.88 Å². The molecule has 1 saturated heterocycles. The van der Waals surface area contributed by atoms with Gasteiger partial charge in [-0.25, -0.2) is 23.2 Å². The lowest BCUT2D eigenvalue weighted by molar-refractivity contribution is 0.200. The molecule has 1 aromatic carbocycles. The summed E-state index contributed by atoms with van der Waals surface area (Å²) in [6, 6.07) is 6.58. The summed E-state index contributed by atoms with van der Waals surface area (Å²) in [6.45, 7) is 2.63. The van der Waals surface area contributed by atoms with E-state index >= 15 is 0 Å². The largest absolute Gasteiger partial charge is 0.479 e. The van der Waals surface area contributed by atoms with Crippen LogP contribution >= 0.6 is 11.3 Å². The highest BCUT2D eigenvalue weighted by Gasteiger charge is 2.33. The summed E-state index contributed by atoms with van der Waals surface area (Å²) in [5, 5.41) is 2.66. The summed E-state index contributed by atoms with van der Waals surface area (Å²) in [4.78, 5) is 27.6. The van der Waals surface area contributed by atoms with Crippen LogP contribution in [0.2, 0.25) is 0 Å². The number of aryl methyl sites for hydroxylation is 1. The number of piperidine rings is 1. The van der Waals surface area contributed by atoms with Crippen LogP contribution in [0.3, 0.4) is 0 Å². The number of fused-ring (bicyclic) bond motifs is 1. The van der Waals surface area contributed by atoms with Gasteiger partial charge in [-0.1, -0.05) is 29.0 Å². The number of anilines is 1. The Bertz CT molecular complexity index is 1170. The maximum Gasteiger partial charge on any atom is 0.323 e. The summed E-state index contributed by atoms with van der Waals surface area (Å²) >= 11 is 1.23. The van der Waals surface area contributed by atoms with E-state index in [-0.39, 0.29) is 6.03 Å². The van der Waals surface area contributed by atoms with Crippen molar-refractivity contribution >= 4 is 42.7 Å². The number of rotatable bonds is 4. The second kappa shape index (κ2) is 8.15. The molecule has 0 spiro atoms. The number of thiazole rings is 1. The molecule has 1 aliphatic rings. The van der Waals surface area contributed by atoms with E-state index in [0.29, 0.717) is 52.2 Å². The van der Waals surface area contributed by atoms with Crippen LogP contribution in [-0.2, 0) is 9.84 Å². The van der Waals surface area contributed by atoms with E-state index in [2.05, 4.69) is 20.3 Å². The number of sulfone groups is 1. The molecule has 0 aliphatic carbocycles. The zero-order chi connectivity index (χ0) is 21.3. The van der Waals surface area contributed by atoms with E-state index < -0.39 is 15.1 Å². The Morgan fingerprint density at radius 1 is 1.20 bits per heavy atom. The molecule has 0 radical (unpaired) electrons. The number of hydrogen-bond acceptors (Lipinski definition) is 8. The highest BCUT2D eigenvalue weighted by atomic mass is 32.2. The van der Waals surface area contributed by atoms with Gasteiger partial charge in [0.1, 0.15) is 6.33 Å². The molecule has 0 unspecified atom stereocenters. The maximum atomic E-state index is 12.9. The topological polar surface area (TPSA) is 114 Å². The van der Waals surface area contributed by atoms with E-state index in [4.69, 9.17) is 4.74 Å². The molecule has 11 heteroatoms. The van der Waals surface area contributed by atoms with Crippen LogP contribution in [-0.4, -0.2) is 59.8 Å². The first-order valence-corrected chi connectivity index (χ1v) is 11.8. The highest BCUT2D eigenvalue weighted by molar-refractivity contribution is 7.92. The van der Waals surface area contributed by atoms with Crippen LogP contribution in [0.5, 0.6) is 5.88 Å². The average Bonchev–Trinajstić information content (AvgIpc) is 3.16. The maximum absolute atomic E-state index is 12.9. The lowest BCUT2D eigenvalue weighted by Crippen LogP contribution is -2.44. The zero-order valence-corrected chi connectivity index (χ0v) is 18.2. The van der Waals surface area contributed by atoms with E-state index in [1.54, 1.807) is 29.2 Å². The Morgan fingerprint density at radius 3 is 2.57 bits per heavy atom. The smallest absolute Gasteiger partial charge is 0.323 e. The standard InChI is InChI=1S/C19H21N5O4S2/c1-12-3-5-13(6-4-12)30(26,27)14-7-9-24(10-8-14)19(25)23-18-22-15-16(28-2)20-11-21-17(15)29-18/h3-6,11,14H,7-10H2,1-2H3,(H,22,23,25). The Labute approximate surface area is 178 Å². The van der Waals surface area contributed by atoms with Gasteiger partial charge in [0.25, 0.3) is 0 Å². The van der Waals surface area contributed by atoms with Gasteiger partial charge in [-0.2, -0.15) is 4.98 Å². The van der Waals surface area contributed by atoms with Crippen LogP contribution in [0, 0.1) is 6.92 Å². The Morgan fingerprint density at radius 2 is 1.90 bits per heavy atom.